The molecule has 128 valence electrons. The van der Waals surface area contributed by atoms with Crippen LogP contribution in [0.5, 0.6) is 0 Å². The molecule has 1 aliphatic heterocycles. The standard InChI is InChI=1S/C20H22N4O/c25-19(10-5-14-11-12-21-13-14)22-16-8-6-15(7-9-16)20-23-17-3-1-2-4-18(17)24-20/h1-4,6-9,14,21H,5,10-13H2,(H,22,25)(H,23,24). The minimum absolute atomic E-state index is 0.0865. The minimum atomic E-state index is 0.0865. The molecule has 3 N–H and O–H groups in total. The van der Waals surface area contributed by atoms with Crippen LogP contribution in [-0.4, -0.2) is 29.0 Å². The second kappa shape index (κ2) is 7.07. The topological polar surface area (TPSA) is 69.8 Å². The molecule has 25 heavy (non-hydrogen) atoms. The number of benzene rings is 2. The molecule has 0 aliphatic carbocycles. The van der Waals surface area contributed by atoms with Crippen molar-refractivity contribution in [3.63, 3.8) is 0 Å². The van der Waals surface area contributed by atoms with E-state index >= 15 is 0 Å². The smallest absolute Gasteiger partial charge is 0.224 e. The number of imidazole rings is 1. The predicted octanol–water partition coefficient (Wildman–Crippen LogP) is 3.56. The number of hydrogen-bond donors (Lipinski definition) is 3. The molecule has 0 spiro atoms. The lowest BCUT2D eigenvalue weighted by molar-refractivity contribution is -0.116. The average Bonchev–Trinajstić information content (AvgIpc) is 3.30. The molecule has 1 atom stereocenters. The van der Waals surface area contributed by atoms with Crippen LogP contribution in [0, 0.1) is 5.92 Å². The van der Waals surface area contributed by atoms with E-state index in [1.807, 2.05) is 48.5 Å². The Labute approximate surface area is 146 Å². The van der Waals surface area contributed by atoms with Crippen LogP contribution in [0.4, 0.5) is 5.69 Å². The molecule has 2 aromatic carbocycles. The molecule has 1 unspecified atom stereocenters. The van der Waals surface area contributed by atoms with Crippen molar-refractivity contribution in [1.82, 2.24) is 15.3 Å². The Bertz CT molecular complexity index is 830. The molecule has 4 rings (SSSR count). The second-order valence-electron chi connectivity index (χ2n) is 6.63. The molecule has 1 amide bonds. The summed E-state index contributed by atoms with van der Waals surface area (Å²) in [6.45, 7) is 2.12. The number of fused-ring (bicyclic) bond motifs is 1. The van der Waals surface area contributed by atoms with E-state index in [1.165, 1.54) is 6.42 Å². The summed E-state index contributed by atoms with van der Waals surface area (Å²) in [5, 5.41) is 6.32. The van der Waals surface area contributed by atoms with Crippen molar-refractivity contribution in [2.24, 2.45) is 5.92 Å². The van der Waals surface area contributed by atoms with E-state index in [0.29, 0.717) is 12.3 Å². The van der Waals surface area contributed by atoms with Crippen LogP contribution in [0.2, 0.25) is 0 Å². The van der Waals surface area contributed by atoms with Gasteiger partial charge in [-0.2, -0.15) is 0 Å². The van der Waals surface area contributed by atoms with Gasteiger partial charge in [0.2, 0.25) is 5.91 Å². The molecular weight excluding hydrogens is 312 g/mol. The van der Waals surface area contributed by atoms with E-state index in [2.05, 4.69) is 20.6 Å². The quantitative estimate of drug-likeness (QED) is 0.668. The van der Waals surface area contributed by atoms with Crippen LogP contribution in [-0.2, 0) is 4.79 Å². The van der Waals surface area contributed by atoms with Gasteiger partial charge in [0, 0.05) is 17.7 Å². The first kappa shape index (κ1) is 15.8. The monoisotopic (exact) mass is 334 g/mol. The fraction of sp³-hybridized carbons (Fsp3) is 0.300. The van der Waals surface area contributed by atoms with Gasteiger partial charge in [-0.3, -0.25) is 4.79 Å². The fourth-order valence-corrected chi connectivity index (χ4v) is 3.32. The Hall–Kier alpha value is -2.66. The van der Waals surface area contributed by atoms with Crippen LogP contribution in [0.15, 0.2) is 48.5 Å². The maximum absolute atomic E-state index is 12.1. The van der Waals surface area contributed by atoms with E-state index in [0.717, 1.165) is 47.6 Å². The van der Waals surface area contributed by atoms with Gasteiger partial charge in [0.25, 0.3) is 0 Å². The van der Waals surface area contributed by atoms with Crippen molar-refractivity contribution >= 4 is 22.6 Å². The summed E-state index contributed by atoms with van der Waals surface area (Å²) in [7, 11) is 0. The number of carbonyl (C=O) groups is 1. The molecular formula is C20H22N4O. The average molecular weight is 334 g/mol. The van der Waals surface area contributed by atoms with Crippen LogP contribution < -0.4 is 10.6 Å². The molecule has 1 aliphatic rings. The number of aromatic nitrogens is 2. The van der Waals surface area contributed by atoms with Crippen LogP contribution in [0.1, 0.15) is 19.3 Å². The van der Waals surface area contributed by atoms with Crippen molar-refractivity contribution in [1.29, 1.82) is 0 Å². The lowest BCUT2D eigenvalue weighted by Crippen LogP contribution is -2.14. The van der Waals surface area contributed by atoms with Crippen molar-refractivity contribution in [3.8, 4) is 11.4 Å². The van der Waals surface area contributed by atoms with E-state index in [4.69, 9.17) is 0 Å². The maximum Gasteiger partial charge on any atom is 0.224 e. The molecule has 1 saturated heterocycles. The summed E-state index contributed by atoms with van der Waals surface area (Å²) < 4.78 is 0. The predicted molar refractivity (Wildman–Crippen MR) is 100 cm³/mol. The Kier molecular flexibility index (Phi) is 4.48. The van der Waals surface area contributed by atoms with Crippen LogP contribution in [0.25, 0.3) is 22.4 Å². The molecule has 5 heteroatoms. The summed E-state index contributed by atoms with van der Waals surface area (Å²) in [5.74, 6) is 1.57. The number of amides is 1. The van der Waals surface area contributed by atoms with E-state index in [9.17, 15) is 4.79 Å². The Morgan fingerprint density at radius 1 is 1.16 bits per heavy atom. The van der Waals surface area contributed by atoms with Crippen LogP contribution in [0.3, 0.4) is 0 Å². The van der Waals surface area contributed by atoms with Gasteiger partial charge in [0.1, 0.15) is 5.82 Å². The van der Waals surface area contributed by atoms with E-state index in [1.54, 1.807) is 0 Å². The van der Waals surface area contributed by atoms with E-state index in [-0.39, 0.29) is 5.91 Å². The number of carbonyl (C=O) groups excluding carboxylic acids is 1. The fourth-order valence-electron chi connectivity index (χ4n) is 3.32. The summed E-state index contributed by atoms with van der Waals surface area (Å²) >= 11 is 0. The van der Waals surface area contributed by atoms with Gasteiger partial charge in [-0.25, -0.2) is 4.98 Å². The molecule has 0 radical (unpaired) electrons. The summed E-state index contributed by atoms with van der Waals surface area (Å²) in [6, 6.07) is 15.8. The summed E-state index contributed by atoms with van der Waals surface area (Å²) in [4.78, 5) is 20.0. The molecule has 0 saturated carbocycles. The lowest BCUT2D eigenvalue weighted by atomic mass is 10.0. The summed E-state index contributed by atoms with van der Waals surface area (Å²) in [5.41, 5.74) is 3.81. The SMILES string of the molecule is O=C(CCC1CCNC1)Nc1ccc(-c2nc3ccccc3[nH]2)cc1. The first-order valence-corrected chi connectivity index (χ1v) is 8.84. The number of para-hydroxylation sites is 2. The molecule has 3 aromatic rings. The van der Waals surface area contributed by atoms with Gasteiger partial charge >= 0.3 is 0 Å². The normalized spacial score (nSPS) is 17.0. The number of H-pyrrole nitrogens is 1. The highest BCUT2D eigenvalue weighted by molar-refractivity contribution is 5.91. The van der Waals surface area contributed by atoms with Gasteiger partial charge in [-0.15, -0.1) is 0 Å². The molecule has 0 bridgehead atoms. The van der Waals surface area contributed by atoms with Gasteiger partial charge in [0.15, 0.2) is 0 Å². The highest BCUT2D eigenvalue weighted by Gasteiger charge is 2.15. The molecule has 1 fully saturated rings. The largest absolute Gasteiger partial charge is 0.338 e. The van der Waals surface area contributed by atoms with E-state index < -0.39 is 0 Å². The van der Waals surface area contributed by atoms with Gasteiger partial charge < -0.3 is 15.6 Å². The highest BCUT2D eigenvalue weighted by atomic mass is 16.1. The zero-order chi connectivity index (χ0) is 17.1. The van der Waals surface area contributed by atoms with Gasteiger partial charge in [-0.1, -0.05) is 12.1 Å². The number of nitrogens with zero attached hydrogens (tertiary/aromatic N) is 1. The number of nitrogens with one attached hydrogen (secondary N) is 3. The van der Waals surface area contributed by atoms with Crippen molar-refractivity contribution in [2.75, 3.05) is 18.4 Å². The molecule has 5 nitrogen and oxygen atoms in total. The first-order valence-electron chi connectivity index (χ1n) is 8.84. The zero-order valence-corrected chi connectivity index (χ0v) is 14.1. The zero-order valence-electron chi connectivity index (χ0n) is 14.1. The van der Waals surface area contributed by atoms with Crippen molar-refractivity contribution in [2.45, 2.75) is 19.3 Å². The second-order valence-corrected chi connectivity index (χ2v) is 6.63. The van der Waals surface area contributed by atoms with Gasteiger partial charge in [0.05, 0.1) is 11.0 Å². The lowest BCUT2D eigenvalue weighted by Gasteiger charge is -2.09. The Balaban J connectivity index is 1.38. The number of hydrogen-bond acceptors (Lipinski definition) is 3. The third kappa shape index (κ3) is 3.72. The number of aromatic amines is 1. The maximum atomic E-state index is 12.1. The Morgan fingerprint density at radius 2 is 2.00 bits per heavy atom. The minimum Gasteiger partial charge on any atom is -0.338 e. The van der Waals surface area contributed by atoms with Crippen molar-refractivity contribution in [3.05, 3.63) is 48.5 Å². The summed E-state index contributed by atoms with van der Waals surface area (Å²) in [6.07, 6.45) is 2.72. The van der Waals surface area contributed by atoms with Crippen LogP contribution >= 0.6 is 0 Å². The molecule has 2 heterocycles. The molecule has 1 aromatic heterocycles. The third-order valence-corrected chi connectivity index (χ3v) is 4.77. The van der Waals surface area contributed by atoms with Gasteiger partial charge in [-0.05, 0) is 68.2 Å². The first-order chi connectivity index (χ1) is 12.3. The number of anilines is 1. The highest BCUT2D eigenvalue weighted by Crippen LogP contribution is 2.22. The van der Waals surface area contributed by atoms with Crippen molar-refractivity contribution < 1.29 is 4.79 Å². The number of rotatable bonds is 5. The Morgan fingerprint density at radius 3 is 2.76 bits per heavy atom. The third-order valence-electron chi connectivity index (χ3n) is 4.77.